The molecule has 0 radical (unpaired) electrons. The number of rotatable bonds is 6. The quantitative estimate of drug-likeness (QED) is 0.765. The molecule has 2 aromatic rings. The van der Waals surface area contributed by atoms with Crippen LogP contribution >= 0.6 is 11.6 Å². The number of halogens is 1. The Hall–Kier alpha value is -1.36. The van der Waals surface area contributed by atoms with Gasteiger partial charge in [0, 0.05) is 19.5 Å². The maximum Gasteiger partial charge on any atom is 0.243 e. The van der Waals surface area contributed by atoms with Crippen LogP contribution < -0.4 is 0 Å². The van der Waals surface area contributed by atoms with Crippen LogP contribution in [0.2, 0.25) is 0 Å². The third-order valence-electron chi connectivity index (χ3n) is 3.36. The molecular weight excluding hydrogens is 306 g/mol. The van der Waals surface area contributed by atoms with Gasteiger partial charge >= 0.3 is 0 Å². The van der Waals surface area contributed by atoms with Gasteiger partial charge < -0.3 is 0 Å². The maximum atomic E-state index is 12.6. The number of sulfonamides is 1. The molecule has 0 spiro atoms. The minimum Gasteiger partial charge on any atom is -0.207 e. The third kappa shape index (κ3) is 3.84. The monoisotopic (exact) mass is 323 g/mol. The van der Waals surface area contributed by atoms with Crippen molar-refractivity contribution in [3.8, 4) is 0 Å². The fraction of sp³-hybridized carbons (Fsp3) is 0.250. The molecule has 0 unspecified atom stereocenters. The van der Waals surface area contributed by atoms with E-state index in [1.807, 2.05) is 30.3 Å². The smallest absolute Gasteiger partial charge is 0.207 e. The molecule has 0 atom stereocenters. The Kier molecular flexibility index (Phi) is 5.39. The van der Waals surface area contributed by atoms with Crippen molar-refractivity contribution in [2.24, 2.45) is 0 Å². The highest BCUT2D eigenvalue weighted by atomic mass is 35.5. The predicted molar refractivity (Wildman–Crippen MR) is 86.0 cm³/mol. The highest BCUT2D eigenvalue weighted by Crippen LogP contribution is 2.21. The number of nitrogens with zero attached hydrogens (tertiary/aromatic N) is 1. The van der Waals surface area contributed by atoms with Crippen LogP contribution in [0.4, 0.5) is 0 Å². The van der Waals surface area contributed by atoms with Gasteiger partial charge in [0.05, 0.1) is 4.90 Å². The second kappa shape index (κ2) is 7.07. The fourth-order valence-corrected chi connectivity index (χ4v) is 3.79. The lowest BCUT2D eigenvalue weighted by Gasteiger charge is -2.18. The van der Waals surface area contributed by atoms with Gasteiger partial charge in [-0.3, -0.25) is 0 Å². The largest absolute Gasteiger partial charge is 0.243 e. The highest BCUT2D eigenvalue weighted by molar-refractivity contribution is 7.89. The van der Waals surface area contributed by atoms with E-state index in [0.717, 1.165) is 5.56 Å². The minimum atomic E-state index is -3.50. The van der Waals surface area contributed by atoms with E-state index in [1.165, 1.54) is 4.31 Å². The molecule has 0 N–H and O–H groups in total. The van der Waals surface area contributed by atoms with Crippen LogP contribution in [0.1, 0.15) is 11.1 Å². The van der Waals surface area contributed by atoms with E-state index in [-0.39, 0.29) is 10.8 Å². The lowest BCUT2D eigenvalue weighted by molar-refractivity contribution is 0.472. The van der Waals surface area contributed by atoms with E-state index in [0.29, 0.717) is 18.5 Å². The molecule has 112 valence electrons. The molecule has 2 aromatic carbocycles. The normalized spacial score (nSPS) is 11.8. The van der Waals surface area contributed by atoms with E-state index in [1.54, 1.807) is 31.3 Å². The van der Waals surface area contributed by atoms with Gasteiger partial charge in [0.1, 0.15) is 0 Å². The standard InChI is InChI=1S/C16H18ClNO2S/c1-18(12-11-14-7-3-2-4-8-14)21(19,20)16-10-6-5-9-15(16)13-17/h2-10H,11-13H2,1H3. The molecule has 0 aliphatic heterocycles. The first-order valence-electron chi connectivity index (χ1n) is 6.70. The summed E-state index contributed by atoms with van der Waals surface area (Å²) in [4.78, 5) is 0.288. The molecule has 0 aromatic heterocycles. The zero-order valence-corrected chi connectivity index (χ0v) is 13.4. The summed E-state index contributed by atoms with van der Waals surface area (Å²) in [7, 11) is -1.90. The molecular formula is C16H18ClNO2S. The van der Waals surface area contributed by atoms with Gasteiger partial charge in [-0.2, -0.15) is 0 Å². The van der Waals surface area contributed by atoms with E-state index in [2.05, 4.69) is 0 Å². The summed E-state index contributed by atoms with van der Waals surface area (Å²) in [5.41, 5.74) is 1.75. The van der Waals surface area contributed by atoms with Crippen molar-refractivity contribution in [3.63, 3.8) is 0 Å². The van der Waals surface area contributed by atoms with E-state index >= 15 is 0 Å². The molecule has 0 aliphatic carbocycles. The number of likely N-dealkylation sites (N-methyl/N-ethyl adjacent to an activating group) is 1. The van der Waals surface area contributed by atoms with Crippen molar-refractivity contribution >= 4 is 21.6 Å². The van der Waals surface area contributed by atoms with Crippen molar-refractivity contribution in [1.29, 1.82) is 0 Å². The summed E-state index contributed by atoms with van der Waals surface area (Å²) in [5, 5.41) is 0. The summed E-state index contributed by atoms with van der Waals surface area (Å²) in [5.74, 6) is 0.182. The first kappa shape index (κ1) is 16.0. The number of hydrogen-bond acceptors (Lipinski definition) is 2. The first-order valence-corrected chi connectivity index (χ1v) is 8.67. The van der Waals surface area contributed by atoms with Gasteiger partial charge in [-0.15, -0.1) is 11.6 Å². The summed E-state index contributed by atoms with van der Waals surface area (Å²) < 4.78 is 26.6. The molecule has 3 nitrogen and oxygen atoms in total. The Morgan fingerprint density at radius 2 is 1.62 bits per heavy atom. The van der Waals surface area contributed by atoms with E-state index in [4.69, 9.17) is 11.6 Å². The van der Waals surface area contributed by atoms with Gasteiger partial charge in [-0.25, -0.2) is 12.7 Å². The maximum absolute atomic E-state index is 12.6. The van der Waals surface area contributed by atoms with Crippen LogP contribution in [0.15, 0.2) is 59.5 Å². The van der Waals surface area contributed by atoms with Crippen LogP contribution in [-0.4, -0.2) is 26.3 Å². The van der Waals surface area contributed by atoms with E-state index < -0.39 is 10.0 Å². The molecule has 5 heteroatoms. The molecule has 0 saturated heterocycles. The topological polar surface area (TPSA) is 37.4 Å². The second-order valence-corrected chi connectivity index (χ2v) is 7.08. The molecule has 21 heavy (non-hydrogen) atoms. The zero-order chi connectivity index (χ0) is 15.3. The lowest BCUT2D eigenvalue weighted by atomic mass is 10.2. The van der Waals surface area contributed by atoms with Crippen molar-refractivity contribution in [3.05, 3.63) is 65.7 Å². The molecule has 0 saturated carbocycles. The molecule has 0 aliphatic rings. The van der Waals surface area contributed by atoms with E-state index in [9.17, 15) is 8.42 Å². The van der Waals surface area contributed by atoms with Gasteiger partial charge in [-0.05, 0) is 23.6 Å². The van der Waals surface area contributed by atoms with Gasteiger partial charge in [-0.1, -0.05) is 48.5 Å². The average Bonchev–Trinajstić information content (AvgIpc) is 2.53. The SMILES string of the molecule is CN(CCc1ccccc1)S(=O)(=O)c1ccccc1CCl. The number of hydrogen-bond donors (Lipinski definition) is 0. The van der Waals surface area contributed by atoms with Gasteiger partial charge in [0.15, 0.2) is 0 Å². The minimum absolute atomic E-state index is 0.182. The van der Waals surface area contributed by atoms with Crippen LogP contribution in [0.25, 0.3) is 0 Å². The van der Waals surface area contributed by atoms with Gasteiger partial charge in [0.2, 0.25) is 10.0 Å². The number of alkyl halides is 1. The Balaban J connectivity index is 2.15. The number of benzene rings is 2. The van der Waals surface area contributed by atoms with Crippen LogP contribution in [-0.2, 0) is 22.3 Å². The second-order valence-electron chi connectivity index (χ2n) is 4.80. The lowest BCUT2D eigenvalue weighted by Crippen LogP contribution is -2.29. The summed E-state index contributed by atoms with van der Waals surface area (Å²) in [6, 6.07) is 16.7. The van der Waals surface area contributed by atoms with Crippen molar-refractivity contribution in [1.82, 2.24) is 4.31 Å². The highest BCUT2D eigenvalue weighted by Gasteiger charge is 2.22. The molecule has 0 bridgehead atoms. The Labute approximate surface area is 131 Å². The Morgan fingerprint density at radius 3 is 2.29 bits per heavy atom. The fourth-order valence-electron chi connectivity index (χ4n) is 2.09. The summed E-state index contributed by atoms with van der Waals surface area (Å²) in [6.45, 7) is 0.433. The van der Waals surface area contributed by atoms with Crippen LogP contribution in [0.5, 0.6) is 0 Å². The van der Waals surface area contributed by atoms with Crippen molar-refractivity contribution in [2.45, 2.75) is 17.2 Å². The van der Waals surface area contributed by atoms with Crippen molar-refractivity contribution < 1.29 is 8.42 Å². The third-order valence-corrected chi connectivity index (χ3v) is 5.61. The molecule has 0 amide bonds. The van der Waals surface area contributed by atoms with Crippen LogP contribution in [0, 0.1) is 0 Å². The van der Waals surface area contributed by atoms with Crippen LogP contribution in [0.3, 0.4) is 0 Å². The predicted octanol–water partition coefficient (Wildman–Crippen LogP) is 3.29. The molecule has 2 rings (SSSR count). The Morgan fingerprint density at radius 1 is 1.00 bits per heavy atom. The summed E-state index contributed by atoms with van der Waals surface area (Å²) >= 11 is 5.83. The van der Waals surface area contributed by atoms with Gasteiger partial charge in [0.25, 0.3) is 0 Å². The average molecular weight is 324 g/mol. The Bertz CT molecular complexity index is 686. The molecule has 0 heterocycles. The first-order chi connectivity index (χ1) is 10.1. The summed E-state index contributed by atoms with van der Waals surface area (Å²) in [6.07, 6.45) is 0.680. The molecule has 0 fully saturated rings. The zero-order valence-electron chi connectivity index (χ0n) is 11.9. The van der Waals surface area contributed by atoms with Crippen molar-refractivity contribution in [2.75, 3.05) is 13.6 Å².